The van der Waals surface area contributed by atoms with Crippen molar-refractivity contribution in [2.75, 3.05) is 6.54 Å². The SMILES string of the molecule is CC1CCCC(CCNCc2cccc(Br)n2)C1. The third-order valence-corrected chi connectivity index (χ3v) is 4.29. The van der Waals surface area contributed by atoms with Crippen molar-refractivity contribution >= 4 is 15.9 Å². The summed E-state index contributed by atoms with van der Waals surface area (Å²) in [5, 5.41) is 3.51. The van der Waals surface area contributed by atoms with Crippen LogP contribution in [0.4, 0.5) is 0 Å². The third-order valence-electron chi connectivity index (χ3n) is 3.85. The maximum atomic E-state index is 4.42. The summed E-state index contributed by atoms with van der Waals surface area (Å²) in [6.07, 6.45) is 7.04. The Morgan fingerprint density at radius 2 is 2.28 bits per heavy atom. The molecule has 18 heavy (non-hydrogen) atoms. The van der Waals surface area contributed by atoms with E-state index < -0.39 is 0 Å². The van der Waals surface area contributed by atoms with Gasteiger partial charge in [0.2, 0.25) is 0 Å². The van der Waals surface area contributed by atoms with Gasteiger partial charge in [0.25, 0.3) is 0 Å². The van der Waals surface area contributed by atoms with Gasteiger partial charge in [0.05, 0.1) is 5.69 Å². The fourth-order valence-electron chi connectivity index (χ4n) is 2.89. The van der Waals surface area contributed by atoms with Gasteiger partial charge in [-0.2, -0.15) is 0 Å². The summed E-state index contributed by atoms with van der Waals surface area (Å²) in [5.41, 5.74) is 1.11. The fourth-order valence-corrected chi connectivity index (χ4v) is 3.27. The molecule has 1 N–H and O–H groups in total. The largest absolute Gasteiger partial charge is 0.311 e. The smallest absolute Gasteiger partial charge is 0.106 e. The molecule has 0 radical (unpaired) electrons. The van der Waals surface area contributed by atoms with Crippen LogP contribution in [0, 0.1) is 11.8 Å². The lowest BCUT2D eigenvalue weighted by atomic mass is 9.81. The van der Waals surface area contributed by atoms with E-state index in [0.717, 1.165) is 35.2 Å². The van der Waals surface area contributed by atoms with Crippen LogP contribution in [0.3, 0.4) is 0 Å². The Labute approximate surface area is 119 Å². The van der Waals surface area contributed by atoms with Gasteiger partial charge in [-0.05, 0) is 59.3 Å². The van der Waals surface area contributed by atoms with Crippen LogP contribution in [0.5, 0.6) is 0 Å². The predicted octanol–water partition coefficient (Wildman–Crippen LogP) is 4.15. The third kappa shape index (κ3) is 4.69. The standard InChI is InChI=1S/C15H23BrN2/c1-12-4-2-5-13(10-12)8-9-17-11-14-6-3-7-15(16)18-14/h3,6-7,12-13,17H,2,4-5,8-11H2,1H3. The molecule has 1 aromatic rings. The predicted molar refractivity (Wildman–Crippen MR) is 79.4 cm³/mol. The molecule has 1 fully saturated rings. The number of pyridine rings is 1. The van der Waals surface area contributed by atoms with Crippen molar-refractivity contribution in [2.24, 2.45) is 11.8 Å². The number of nitrogens with zero attached hydrogens (tertiary/aromatic N) is 1. The number of hydrogen-bond acceptors (Lipinski definition) is 2. The molecular formula is C15H23BrN2. The molecule has 1 aromatic heterocycles. The van der Waals surface area contributed by atoms with Gasteiger partial charge in [-0.1, -0.05) is 32.3 Å². The highest BCUT2D eigenvalue weighted by Gasteiger charge is 2.17. The molecule has 2 unspecified atom stereocenters. The molecule has 100 valence electrons. The van der Waals surface area contributed by atoms with Gasteiger partial charge in [0.15, 0.2) is 0 Å². The molecule has 0 amide bonds. The summed E-state index contributed by atoms with van der Waals surface area (Å²) in [7, 11) is 0. The average Bonchev–Trinajstić information content (AvgIpc) is 2.35. The minimum Gasteiger partial charge on any atom is -0.311 e. The van der Waals surface area contributed by atoms with Crippen LogP contribution in [-0.2, 0) is 6.54 Å². The van der Waals surface area contributed by atoms with Crippen molar-refractivity contribution in [3.05, 3.63) is 28.5 Å². The monoisotopic (exact) mass is 310 g/mol. The summed E-state index contributed by atoms with van der Waals surface area (Å²) in [5.74, 6) is 1.88. The topological polar surface area (TPSA) is 24.9 Å². The van der Waals surface area contributed by atoms with E-state index in [1.165, 1.54) is 32.1 Å². The second-order valence-corrected chi connectivity index (χ2v) is 6.37. The van der Waals surface area contributed by atoms with Crippen molar-refractivity contribution in [1.82, 2.24) is 10.3 Å². The Bertz CT molecular complexity index is 367. The molecule has 3 heteroatoms. The zero-order chi connectivity index (χ0) is 12.8. The van der Waals surface area contributed by atoms with E-state index in [2.05, 4.69) is 39.2 Å². The molecule has 0 bridgehead atoms. The van der Waals surface area contributed by atoms with Crippen LogP contribution in [-0.4, -0.2) is 11.5 Å². The first-order valence-electron chi connectivity index (χ1n) is 7.06. The molecule has 0 saturated heterocycles. The molecule has 2 nitrogen and oxygen atoms in total. The maximum absolute atomic E-state index is 4.42. The van der Waals surface area contributed by atoms with E-state index in [9.17, 15) is 0 Å². The summed E-state index contributed by atoms with van der Waals surface area (Å²) < 4.78 is 0.919. The van der Waals surface area contributed by atoms with Crippen LogP contribution >= 0.6 is 15.9 Å². The Kier molecular flexibility index (Phi) is 5.64. The van der Waals surface area contributed by atoms with E-state index in [-0.39, 0.29) is 0 Å². The van der Waals surface area contributed by atoms with Crippen molar-refractivity contribution in [3.63, 3.8) is 0 Å². The Hall–Kier alpha value is -0.410. The molecule has 2 rings (SSSR count). The Morgan fingerprint density at radius 1 is 1.39 bits per heavy atom. The molecule has 2 atom stereocenters. The second kappa shape index (κ2) is 7.25. The van der Waals surface area contributed by atoms with Gasteiger partial charge < -0.3 is 5.32 Å². The number of rotatable bonds is 5. The summed E-state index contributed by atoms with van der Waals surface area (Å²) in [4.78, 5) is 4.42. The molecule has 1 heterocycles. The molecule has 1 aliphatic carbocycles. The lowest BCUT2D eigenvalue weighted by Crippen LogP contribution is -2.21. The lowest BCUT2D eigenvalue weighted by Gasteiger charge is -2.26. The van der Waals surface area contributed by atoms with Crippen LogP contribution in [0.15, 0.2) is 22.8 Å². The summed E-state index contributed by atoms with van der Waals surface area (Å²) in [6, 6.07) is 6.07. The van der Waals surface area contributed by atoms with Crippen molar-refractivity contribution in [3.8, 4) is 0 Å². The second-order valence-electron chi connectivity index (χ2n) is 5.55. The normalized spacial score (nSPS) is 24.1. The minimum atomic E-state index is 0.877. The highest BCUT2D eigenvalue weighted by atomic mass is 79.9. The zero-order valence-corrected chi connectivity index (χ0v) is 12.7. The maximum Gasteiger partial charge on any atom is 0.106 e. The van der Waals surface area contributed by atoms with Gasteiger partial charge in [0, 0.05) is 6.54 Å². The molecule has 1 aliphatic rings. The highest BCUT2D eigenvalue weighted by molar-refractivity contribution is 9.10. The van der Waals surface area contributed by atoms with Gasteiger partial charge in [0.1, 0.15) is 4.60 Å². The van der Waals surface area contributed by atoms with Crippen LogP contribution in [0.25, 0.3) is 0 Å². The zero-order valence-electron chi connectivity index (χ0n) is 11.2. The number of aromatic nitrogens is 1. The van der Waals surface area contributed by atoms with Crippen molar-refractivity contribution in [2.45, 2.75) is 45.6 Å². The minimum absolute atomic E-state index is 0.877. The quantitative estimate of drug-likeness (QED) is 0.653. The van der Waals surface area contributed by atoms with Crippen molar-refractivity contribution in [1.29, 1.82) is 0 Å². The van der Waals surface area contributed by atoms with Crippen LogP contribution in [0.1, 0.15) is 44.7 Å². The van der Waals surface area contributed by atoms with E-state index in [1.807, 2.05) is 12.1 Å². The van der Waals surface area contributed by atoms with Gasteiger partial charge >= 0.3 is 0 Å². The van der Waals surface area contributed by atoms with Crippen LogP contribution < -0.4 is 5.32 Å². The molecule has 0 spiro atoms. The lowest BCUT2D eigenvalue weighted by molar-refractivity contribution is 0.267. The fraction of sp³-hybridized carbons (Fsp3) is 0.667. The van der Waals surface area contributed by atoms with Crippen molar-refractivity contribution < 1.29 is 0 Å². The van der Waals surface area contributed by atoms with Crippen LogP contribution in [0.2, 0.25) is 0 Å². The molecule has 0 aliphatic heterocycles. The van der Waals surface area contributed by atoms with E-state index in [4.69, 9.17) is 0 Å². The Balaban J connectivity index is 1.64. The van der Waals surface area contributed by atoms with E-state index in [0.29, 0.717) is 0 Å². The summed E-state index contributed by atoms with van der Waals surface area (Å²) >= 11 is 3.40. The number of nitrogens with one attached hydrogen (secondary N) is 1. The number of hydrogen-bond donors (Lipinski definition) is 1. The molecular weight excluding hydrogens is 288 g/mol. The van der Waals surface area contributed by atoms with Gasteiger partial charge in [-0.15, -0.1) is 0 Å². The summed E-state index contributed by atoms with van der Waals surface area (Å²) in [6.45, 7) is 4.39. The molecule has 1 saturated carbocycles. The van der Waals surface area contributed by atoms with Gasteiger partial charge in [-0.25, -0.2) is 4.98 Å². The molecule has 0 aromatic carbocycles. The van der Waals surface area contributed by atoms with E-state index in [1.54, 1.807) is 0 Å². The first-order chi connectivity index (χ1) is 8.74. The Morgan fingerprint density at radius 3 is 3.06 bits per heavy atom. The van der Waals surface area contributed by atoms with Gasteiger partial charge in [-0.3, -0.25) is 0 Å². The van der Waals surface area contributed by atoms with E-state index >= 15 is 0 Å². The average molecular weight is 311 g/mol. The number of halogens is 1. The highest BCUT2D eigenvalue weighted by Crippen LogP contribution is 2.30. The first kappa shape index (κ1) is 14.0. The first-order valence-corrected chi connectivity index (χ1v) is 7.85.